The number of para-hydroxylation sites is 1. The summed E-state index contributed by atoms with van der Waals surface area (Å²) in [5.74, 6) is 0.503. The topological polar surface area (TPSA) is 35.5 Å². The summed E-state index contributed by atoms with van der Waals surface area (Å²) in [4.78, 5) is 11.3. The van der Waals surface area contributed by atoms with Gasteiger partial charge >= 0.3 is 5.97 Å². The van der Waals surface area contributed by atoms with Crippen molar-refractivity contribution in [3.63, 3.8) is 0 Å². The molecular formula is C13H18O3. The molecule has 3 nitrogen and oxygen atoms in total. The highest BCUT2D eigenvalue weighted by molar-refractivity contribution is 5.69. The van der Waals surface area contributed by atoms with Gasteiger partial charge in [-0.05, 0) is 18.6 Å². The summed E-state index contributed by atoms with van der Waals surface area (Å²) in [6.45, 7) is 3.76. The van der Waals surface area contributed by atoms with Gasteiger partial charge in [-0.15, -0.1) is 0 Å². The molecule has 0 spiro atoms. The van der Waals surface area contributed by atoms with Gasteiger partial charge in [-0.1, -0.05) is 31.5 Å². The van der Waals surface area contributed by atoms with Gasteiger partial charge in [-0.25, -0.2) is 0 Å². The summed E-state index contributed by atoms with van der Waals surface area (Å²) < 4.78 is 10.5. The number of benzene rings is 1. The highest BCUT2D eigenvalue weighted by atomic mass is 16.7. The molecule has 0 N–H and O–H groups in total. The van der Waals surface area contributed by atoms with Crippen molar-refractivity contribution >= 4 is 5.97 Å². The molecule has 0 aromatic heterocycles. The molecule has 0 bridgehead atoms. The standard InChI is InChI=1S/C13H18O3/c1-3-4-10-13(14)16-11(2)15-12-8-6-5-7-9-12/h5-9,11H,3-4,10H2,1-2H3. The lowest BCUT2D eigenvalue weighted by Gasteiger charge is -2.15. The third kappa shape index (κ3) is 4.82. The van der Waals surface area contributed by atoms with Gasteiger partial charge in [0.2, 0.25) is 6.29 Å². The lowest BCUT2D eigenvalue weighted by atomic mass is 10.2. The van der Waals surface area contributed by atoms with E-state index in [4.69, 9.17) is 9.47 Å². The summed E-state index contributed by atoms with van der Waals surface area (Å²) >= 11 is 0. The van der Waals surface area contributed by atoms with Crippen LogP contribution in [0.25, 0.3) is 0 Å². The first-order valence-electron chi connectivity index (χ1n) is 5.63. The Bertz CT molecular complexity index is 308. The average molecular weight is 222 g/mol. The van der Waals surface area contributed by atoms with Crippen LogP contribution in [-0.2, 0) is 9.53 Å². The predicted molar refractivity (Wildman–Crippen MR) is 62.1 cm³/mol. The molecule has 0 aliphatic rings. The van der Waals surface area contributed by atoms with Crippen molar-refractivity contribution in [1.82, 2.24) is 0 Å². The van der Waals surface area contributed by atoms with E-state index in [0.29, 0.717) is 12.2 Å². The number of carbonyl (C=O) groups is 1. The Labute approximate surface area is 96.4 Å². The van der Waals surface area contributed by atoms with Crippen LogP contribution in [0, 0.1) is 0 Å². The number of hydrogen-bond donors (Lipinski definition) is 0. The van der Waals surface area contributed by atoms with Crippen LogP contribution >= 0.6 is 0 Å². The van der Waals surface area contributed by atoms with Crippen LogP contribution in [-0.4, -0.2) is 12.3 Å². The monoisotopic (exact) mass is 222 g/mol. The zero-order valence-electron chi connectivity index (χ0n) is 9.81. The molecule has 0 amide bonds. The Morgan fingerprint density at radius 3 is 2.62 bits per heavy atom. The van der Waals surface area contributed by atoms with Crippen LogP contribution in [0.5, 0.6) is 5.75 Å². The Morgan fingerprint density at radius 1 is 1.31 bits per heavy atom. The molecule has 0 fully saturated rings. The summed E-state index contributed by atoms with van der Waals surface area (Å²) in [6.07, 6.45) is 1.77. The normalized spacial score (nSPS) is 11.9. The van der Waals surface area contributed by atoms with Crippen LogP contribution in [0.3, 0.4) is 0 Å². The number of esters is 1. The minimum atomic E-state index is -0.535. The van der Waals surface area contributed by atoms with E-state index < -0.39 is 6.29 Å². The number of carbonyl (C=O) groups excluding carboxylic acids is 1. The summed E-state index contributed by atoms with van der Waals surface area (Å²) in [5, 5.41) is 0. The van der Waals surface area contributed by atoms with Gasteiger partial charge in [0.15, 0.2) is 0 Å². The van der Waals surface area contributed by atoms with Gasteiger partial charge in [0, 0.05) is 13.3 Å². The van der Waals surface area contributed by atoms with Crippen LogP contribution in [0.2, 0.25) is 0 Å². The van der Waals surface area contributed by atoms with E-state index in [1.165, 1.54) is 0 Å². The molecule has 0 radical (unpaired) electrons. The maximum atomic E-state index is 11.3. The van der Waals surface area contributed by atoms with Crippen LogP contribution in [0.4, 0.5) is 0 Å². The van der Waals surface area contributed by atoms with Crippen LogP contribution in [0.15, 0.2) is 30.3 Å². The molecule has 0 aliphatic carbocycles. The van der Waals surface area contributed by atoms with Gasteiger partial charge in [-0.3, -0.25) is 4.79 Å². The molecule has 0 aliphatic heterocycles. The van der Waals surface area contributed by atoms with E-state index in [2.05, 4.69) is 0 Å². The predicted octanol–water partition coefficient (Wildman–Crippen LogP) is 3.14. The van der Waals surface area contributed by atoms with E-state index in [1.807, 2.05) is 37.3 Å². The van der Waals surface area contributed by atoms with Gasteiger partial charge in [0.05, 0.1) is 0 Å². The van der Waals surface area contributed by atoms with Crippen molar-refractivity contribution < 1.29 is 14.3 Å². The Hall–Kier alpha value is -1.51. The highest BCUT2D eigenvalue weighted by Gasteiger charge is 2.09. The molecule has 1 unspecified atom stereocenters. The van der Waals surface area contributed by atoms with Crippen molar-refractivity contribution in [3.05, 3.63) is 30.3 Å². The third-order valence-electron chi connectivity index (χ3n) is 2.08. The second-order valence-corrected chi connectivity index (χ2v) is 3.59. The summed E-state index contributed by atoms with van der Waals surface area (Å²) in [5.41, 5.74) is 0. The number of rotatable bonds is 6. The minimum Gasteiger partial charge on any atom is -0.455 e. The third-order valence-corrected chi connectivity index (χ3v) is 2.08. The van der Waals surface area contributed by atoms with E-state index in [0.717, 1.165) is 12.8 Å². The van der Waals surface area contributed by atoms with E-state index >= 15 is 0 Å². The zero-order chi connectivity index (χ0) is 11.8. The number of unbranched alkanes of at least 4 members (excludes halogenated alkanes) is 1. The second kappa shape index (κ2) is 6.88. The maximum absolute atomic E-state index is 11.3. The second-order valence-electron chi connectivity index (χ2n) is 3.59. The number of hydrogen-bond acceptors (Lipinski definition) is 3. The Balaban J connectivity index is 2.30. The lowest BCUT2D eigenvalue weighted by Crippen LogP contribution is -2.20. The van der Waals surface area contributed by atoms with E-state index in [1.54, 1.807) is 6.92 Å². The molecule has 1 rings (SSSR count). The first kappa shape index (κ1) is 12.6. The van der Waals surface area contributed by atoms with Gasteiger partial charge in [0.25, 0.3) is 0 Å². The van der Waals surface area contributed by atoms with Gasteiger partial charge in [-0.2, -0.15) is 0 Å². The molecule has 1 aromatic carbocycles. The van der Waals surface area contributed by atoms with Crippen molar-refractivity contribution in [2.45, 2.75) is 39.4 Å². The molecule has 88 valence electrons. The molecule has 0 saturated carbocycles. The first-order valence-corrected chi connectivity index (χ1v) is 5.63. The van der Waals surface area contributed by atoms with Gasteiger partial charge in [0.1, 0.15) is 5.75 Å². The SMILES string of the molecule is CCCCC(=O)OC(C)Oc1ccccc1. The average Bonchev–Trinajstić information content (AvgIpc) is 2.27. The fraction of sp³-hybridized carbons (Fsp3) is 0.462. The van der Waals surface area contributed by atoms with Crippen molar-refractivity contribution in [3.8, 4) is 5.75 Å². The fourth-order valence-electron chi connectivity index (χ4n) is 1.28. The summed E-state index contributed by atoms with van der Waals surface area (Å²) in [7, 11) is 0. The van der Waals surface area contributed by atoms with Crippen LogP contribution < -0.4 is 4.74 Å². The van der Waals surface area contributed by atoms with Crippen molar-refractivity contribution in [2.75, 3.05) is 0 Å². The molecular weight excluding hydrogens is 204 g/mol. The largest absolute Gasteiger partial charge is 0.455 e. The summed E-state index contributed by atoms with van der Waals surface area (Å²) in [6, 6.07) is 9.32. The Kier molecular flexibility index (Phi) is 5.40. The molecule has 3 heteroatoms. The fourth-order valence-corrected chi connectivity index (χ4v) is 1.28. The number of ether oxygens (including phenoxy) is 2. The molecule has 1 aromatic rings. The lowest BCUT2D eigenvalue weighted by molar-refractivity contribution is -0.161. The van der Waals surface area contributed by atoms with Crippen molar-refractivity contribution in [2.24, 2.45) is 0 Å². The Morgan fingerprint density at radius 2 is 2.00 bits per heavy atom. The van der Waals surface area contributed by atoms with Crippen LogP contribution in [0.1, 0.15) is 33.1 Å². The van der Waals surface area contributed by atoms with Crippen molar-refractivity contribution in [1.29, 1.82) is 0 Å². The first-order chi connectivity index (χ1) is 7.72. The quantitative estimate of drug-likeness (QED) is 0.548. The molecule has 1 atom stereocenters. The zero-order valence-corrected chi connectivity index (χ0v) is 9.81. The minimum absolute atomic E-state index is 0.203. The molecule has 0 saturated heterocycles. The van der Waals surface area contributed by atoms with E-state index in [9.17, 15) is 4.79 Å². The maximum Gasteiger partial charge on any atom is 0.308 e. The highest BCUT2D eigenvalue weighted by Crippen LogP contribution is 2.11. The molecule has 16 heavy (non-hydrogen) atoms. The van der Waals surface area contributed by atoms with Gasteiger partial charge < -0.3 is 9.47 Å². The molecule has 0 heterocycles. The van der Waals surface area contributed by atoms with E-state index in [-0.39, 0.29) is 5.97 Å². The smallest absolute Gasteiger partial charge is 0.308 e.